The lowest BCUT2D eigenvalue weighted by Gasteiger charge is -2.18. The van der Waals surface area contributed by atoms with Crippen LogP contribution >= 0.6 is 0 Å². The summed E-state index contributed by atoms with van der Waals surface area (Å²) in [6, 6.07) is 0. The van der Waals surface area contributed by atoms with E-state index in [0.717, 1.165) is 13.2 Å². The van der Waals surface area contributed by atoms with Crippen LogP contribution in [0.15, 0.2) is 12.7 Å². The second-order valence-corrected chi connectivity index (χ2v) is 2.90. The van der Waals surface area contributed by atoms with E-state index in [1.54, 1.807) is 11.0 Å². The summed E-state index contributed by atoms with van der Waals surface area (Å²) in [5.74, 6) is 0.172. The molecular formula is C9H15NO2. The summed E-state index contributed by atoms with van der Waals surface area (Å²) in [7, 11) is 0. The highest BCUT2D eigenvalue weighted by Gasteiger charge is 2.26. The molecule has 0 radical (unpaired) electrons. The second-order valence-electron chi connectivity index (χ2n) is 2.90. The Labute approximate surface area is 73.0 Å². The van der Waals surface area contributed by atoms with E-state index in [4.69, 9.17) is 4.74 Å². The maximum atomic E-state index is 11.3. The summed E-state index contributed by atoms with van der Waals surface area (Å²) < 4.78 is 5.05. The van der Waals surface area contributed by atoms with Gasteiger partial charge in [0.25, 0.3) is 0 Å². The van der Waals surface area contributed by atoms with Crippen LogP contribution in [0.2, 0.25) is 0 Å². The molecule has 12 heavy (non-hydrogen) atoms. The topological polar surface area (TPSA) is 32.8 Å². The lowest BCUT2D eigenvalue weighted by Crippen LogP contribution is -2.33. The maximum absolute atomic E-state index is 11.3. The molecule has 1 aliphatic rings. The Morgan fingerprint density at radius 3 is 2.92 bits per heavy atom. The van der Waals surface area contributed by atoms with Crippen LogP contribution in [0.5, 0.6) is 0 Å². The molecule has 68 valence electrons. The summed E-state index contributed by atoms with van der Waals surface area (Å²) in [6.07, 6.45) is 2.58. The SMILES string of the molecule is C=CCN(CC1CO1)C(=O)CC. The predicted molar refractivity (Wildman–Crippen MR) is 46.8 cm³/mol. The number of epoxide rings is 1. The van der Waals surface area contributed by atoms with Crippen LogP contribution in [0.3, 0.4) is 0 Å². The van der Waals surface area contributed by atoms with Crippen LogP contribution in [-0.2, 0) is 9.53 Å². The van der Waals surface area contributed by atoms with Crippen molar-refractivity contribution in [2.24, 2.45) is 0 Å². The number of amides is 1. The average molecular weight is 169 g/mol. The van der Waals surface area contributed by atoms with Gasteiger partial charge in [-0.3, -0.25) is 4.79 Å². The van der Waals surface area contributed by atoms with E-state index in [2.05, 4.69) is 6.58 Å². The number of ether oxygens (including phenoxy) is 1. The molecule has 0 aromatic carbocycles. The maximum Gasteiger partial charge on any atom is 0.222 e. The molecule has 1 rings (SSSR count). The van der Waals surface area contributed by atoms with Crippen LogP contribution in [-0.4, -0.2) is 36.6 Å². The van der Waals surface area contributed by atoms with Crippen molar-refractivity contribution in [1.82, 2.24) is 4.90 Å². The molecule has 3 nitrogen and oxygen atoms in total. The van der Waals surface area contributed by atoms with E-state index in [9.17, 15) is 4.79 Å². The van der Waals surface area contributed by atoms with Gasteiger partial charge in [0, 0.05) is 19.5 Å². The first kappa shape index (κ1) is 9.26. The second kappa shape index (κ2) is 4.26. The van der Waals surface area contributed by atoms with Crippen LogP contribution < -0.4 is 0 Å². The van der Waals surface area contributed by atoms with Crippen molar-refractivity contribution in [3.8, 4) is 0 Å². The van der Waals surface area contributed by atoms with E-state index < -0.39 is 0 Å². The minimum Gasteiger partial charge on any atom is -0.371 e. The highest BCUT2D eigenvalue weighted by molar-refractivity contribution is 5.76. The Bertz CT molecular complexity index is 175. The Hall–Kier alpha value is -0.830. The van der Waals surface area contributed by atoms with Crippen molar-refractivity contribution in [1.29, 1.82) is 0 Å². The van der Waals surface area contributed by atoms with E-state index in [1.165, 1.54) is 0 Å². The molecule has 1 heterocycles. The van der Waals surface area contributed by atoms with Gasteiger partial charge in [0.1, 0.15) is 0 Å². The Balaban J connectivity index is 2.34. The molecule has 1 fully saturated rings. The molecule has 1 atom stereocenters. The number of carbonyl (C=O) groups excluding carboxylic acids is 1. The van der Waals surface area contributed by atoms with Gasteiger partial charge in [-0.1, -0.05) is 13.0 Å². The normalized spacial score (nSPS) is 20.2. The van der Waals surface area contributed by atoms with Gasteiger partial charge in [-0.05, 0) is 0 Å². The van der Waals surface area contributed by atoms with E-state index in [-0.39, 0.29) is 12.0 Å². The first-order valence-electron chi connectivity index (χ1n) is 4.28. The highest BCUT2D eigenvalue weighted by Crippen LogP contribution is 2.11. The number of carbonyl (C=O) groups is 1. The molecule has 1 unspecified atom stereocenters. The van der Waals surface area contributed by atoms with Gasteiger partial charge in [0.15, 0.2) is 0 Å². The highest BCUT2D eigenvalue weighted by atomic mass is 16.6. The minimum absolute atomic E-state index is 0.172. The molecular weight excluding hydrogens is 154 g/mol. The van der Waals surface area contributed by atoms with Crippen molar-refractivity contribution >= 4 is 5.91 Å². The predicted octanol–water partition coefficient (Wildman–Crippen LogP) is 0.810. The summed E-state index contributed by atoms with van der Waals surface area (Å²) in [5.41, 5.74) is 0. The molecule has 3 heteroatoms. The fraction of sp³-hybridized carbons (Fsp3) is 0.667. The van der Waals surface area contributed by atoms with Crippen molar-refractivity contribution in [3.63, 3.8) is 0 Å². The molecule has 0 bridgehead atoms. The van der Waals surface area contributed by atoms with Crippen molar-refractivity contribution in [3.05, 3.63) is 12.7 Å². The number of rotatable bonds is 5. The standard InChI is InChI=1S/C9H15NO2/c1-3-5-10(9(11)4-2)6-8-7-12-8/h3,8H,1,4-7H2,2H3. The van der Waals surface area contributed by atoms with Gasteiger partial charge in [0.2, 0.25) is 5.91 Å². The third kappa shape index (κ3) is 2.66. The van der Waals surface area contributed by atoms with Gasteiger partial charge < -0.3 is 9.64 Å². The lowest BCUT2D eigenvalue weighted by atomic mass is 10.3. The van der Waals surface area contributed by atoms with E-state index in [1.807, 2.05) is 6.92 Å². The fourth-order valence-corrected chi connectivity index (χ4v) is 1.08. The zero-order chi connectivity index (χ0) is 8.97. The molecule has 1 saturated heterocycles. The van der Waals surface area contributed by atoms with Crippen LogP contribution in [0.25, 0.3) is 0 Å². The van der Waals surface area contributed by atoms with Gasteiger partial charge in [-0.2, -0.15) is 0 Å². The summed E-state index contributed by atoms with van der Waals surface area (Å²) in [4.78, 5) is 13.1. The average Bonchev–Trinajstić information content (AvgIpc) is 2.86. The lowest BCUT2D eigenvalue weighted by molar-refractivity contribution is -0.130. The van der Waals surface area contributed by atoms with Crippen molar-refractivity contribution < 1.29 is 9.53 Å². The van der Waals surface area contributed by atoms with Crippen molar-refractivity contribution in [2.45, 2.75) is 19.4 Å². The third-order valence-electron chi connectivity index (χ3n) is 1.83. The number of hydrogen-bond acceptors (Lipinski definition) is 2. The summed E-state index contributed by atoms with van der Waals surface area (Å²) in [6.45, 7) is 7.63. The molecule has 1 aliphatic heterocycles. The van der Waals surface area contributed by atoms with Gasteiger partial charge in [-0.15, -0.1) is 6.58 Å². The van der Waals surface area contributed by atoms with Crippen LogP contribution in [0.4, 0.5) is 0 Å². The molecule has 0 aromatic rings. The first-order chi connectivity index (χ1) is 5.77. The van der Waals surface area contributed by atoms with Gasteiger partial charge in [-0.25, -0.2) is 0 Å². The monoisotopic (exact) mass is 169 g/mol. The van der Waals surface area contributed by atoms with E-state index in [0.29, 0.717) is 13.0 Å². The molecule has 0 aromatic heterocycles. The van der Waals surface area contributed by atoms with E-state index >= 15 is 0 Å². The molecule has 0 spiro atoms. The molecule has 0 saturated carbocycles. The van der Waals surface area contributed by atoms with Crippen molar-refractivity contribution in [2.75, 3.05) is 19.7 Å². The molecule has 1 amide bonds. The third-order valence-corrected chi connectivity index (χ3v) is 1.83. The quantitative estimate of drug-likeness (QED) is 0.450. The Morgan fingerprint density at radius 1 is 1.83 bits per heavy atom. The molecule has 0 aliphatic carbocycles. The zero-order valence-electron chi connectivity index (χ0n) is 7.45. The van der Waals surface area contributed by atoms with Crippen LogP contribution in [0.1, 0.15) is 13.3 Å². The molecule has 0 N–H and O–H groups in total. The van der Waals surface area contributed by atoms with Gasteiger partial charge in [0.05, 0.1) is 12.7 Å². The number of hydrogen-bond donors (Lipinski definition) is 0. The minimum atomic E-state index is 0.172. The van der Waals surface area contributed by atoms with Gasteiger partial charge >= 0.3 is 0 Å². The van der Waals surface area contributed by atoms with Crippen LogP contribution in [0, 0.1) is 0 Å². The summed E-state index contributed by atoms with van der Waals surface area (Å²) >= 11 is 0. The summed E-state index contributed by atoms with van der Waals surface area (Å²) in [5, 5.41) is 0. The Morgan fingerprint density at radius 2 is 2.50 bits per heavy atom. The number of nitrogens with zero attached hydrogens (tertiary/aromatic N) is 1. The smallest absolute Gasteiger partial charge is 0.222 e. The fourth-order valence-electron chi connectivity index (χ4n) is 1.08. The Kier molecular flexibility index (Phi) is 3.29. The first-order valence-corrected chi connectivity index (χ1v) is 4.28. The zero-order valence-corrected chi connectivity index (χ0v) is 7.45. The largest absolute Gasteiger partial charge is 0.371 e.